The summed E-state index contributed by atoms with van der Waals surface area (Å²) in [6, 6.07) is 8.60. The van der Waals surface area contributed by atoms with Gasteiger partial charge in [-0.1, -0.05) is 17.7 Å². The average molecular weight is 375 g/mol. The zero-order valence-corrected chi connectivity index (χ0v) is 16.1. The Hall–Kier alpha value is -1.85. The van der Waals surface area contributed by atoms with Crippen LogP contribution in [-0.2, 0) is 12.8 Å². The summed E-state index contributed by atoms with van der Waals surface area (Å²) in [5, 5.41) is 4.78. The van der Waals surface area contributed by atoms with E-state index in [1.54, 1.807) is 0 Å². The van der Waals surface area contributed by atoms with Gasteiger partial charge in [-0.3, -0.25) is 4.79 Å². The Morgan fingerprint density at radius 2 is 1.77 bits per heavy atom. The molecule has 2 aromatic rings. The van der Waals surface area contributed by atoms with E-state index in [9.17, 15) is 4.79 Å². The molecule has 0 unspecified atom stereocenters. The molecule has 2 heterocycles. The number of nitrogens with two attached hydrogens (primary N) is 1. The summed E-state index contributed by atoms with van der Waals surface area (Å²) >= 11 is 0. The van der Waals surface area contributed by atoms with Crippen LogP contribution < -0.4 is 5.73 Å². The summed E-state index contributed by atoms with van der Waals surface area (Å²) in [6.07, 6.45) is 6.01. The van der Waals surface area contributed by atoms with E-state index in [1.165, 1.54) is 11.3 Å². The van der Waals surface area contributed by atoms with Crippen LogP contribution in [0.3, 0.4) is 0 Å². The number of amides is 1. The normalized spacial score (nSPS) is 17.5. The second-order valence-corrected chi connectivity index (χ2v) is 7.36. The molecule has 0 radical (unpaired) electrons. The Kier molecular flexibility index (Phi) is 5.68. The molecule has 0 spiro atoms. The van der Waals surface area contributed by atoms with E-state index >= 15 is 0 Å². The second-order valence-electron chi connectivity index (χ2n) is 7.36. The maximum atomic E-state index is 13.1. The first-order valence-corrected chi connectivity index (χ1v) is 9.36. The predicted molar refractivity (Wildman–Crippen MR) is 105 cm³/mol. The van der Waals surface area contributed by atoms with Gasteiger partial charge in [-0.2, -0.15) is 5.10 Å². The lowest BCUT2D eigenvalue weighted by atomic mass is 9.95. The Balaban J connectivity index is 0.00000196. The van der Waals surface area contributed by atoms with Crippen molar-refractivity contribution < 1.29 is 4.79 Å². The SMILES string of the molecule is Cc1ccc(-n2nc(C(=O)N3CCC(N)CC3)c3c2CCCC3)cc1.Cl. The van der Waals surface area contributed by atoms with Gasteiger partial charge in [0.25, 0.3) is 5.91 Å². The number of fused-ring (bicyclic) bond motifs is 1. The van der Waals surface area contributed by atoms with Crippen LogP contribution in [0.15, 0.2) is 24.3 Å². The minimum atomic E-state index is 0. The fourth-order valence-corrected chi connectivity index (χ4v) is 3.92. The molecule has 1 aliphatic heterocycles. The molecule has 0 bridgehead atoms. The van der Waals surface area contributed by atoms with Crippen LogP contribution in [0.1, 0.15) is 53.0 Å². The molecule has 1 saturated heterocycles. The minimum Gasteiger partial charge on any atom is -0.337 e. The molecular weight excluding hydrogens is 348 g/mol. The molecule has 26 heavy (non-hydrogen) atoms. The maximum Gasteiger partial charge on any atom is 0.274 e. The van der Waals surface area contributed by atoms with Gasteiger partial charge in [0.1, 0.15) is 0 Å². The van der Waals surface area contributed by atoms with E-state index in [1.807, 2.05) is 9.58 Å². The monoisotopic (exact) mass is 374 g/mol. The van der Waals surface area contributed by atoms with E-state index in [2.05, 4.69) is 31.2 Å². The predicted octanol–water partition coefficient (Wildman–Crippen LogP) is 3.04. The second kappa shape index (κ2) is 7.80. The van der Waals surface area contributed by atoms with Crippen LogP contribution in [-0.4, -0.2) is 39.7 Å². The lowest BCUT2D eigenvalue weighted by molar-refractivity contribution is 0.0707. The van der Waals surface area contributed by atoms with Gasteiger partial charge in [-0.05, 0) is 57.6 Å². The summed E-state index contributed by atoms with van der Waals surface area (Å²) in [6.45, 7) is 3.57. The van der Waals surface area contributed by atoms with Crippen molar-refractivity contribution in [3.05, 3.63) is 46.8 Å². The molecule has 4 rings (SSSR count). The quantitative estimate of drug-likeness (QED) is 0.878. The number of hydrogen-bond acceptors (Lipinski definition) is 3. The van der Waals surface area contributed by atoms with E-state index in [0.717, 1.165) is 62.9 Å². The summed E-state index contributed by atoms with van der Waals surface area (Å²) < 4.78 is 2.00. The molecular formula is C20H27ClN4O. The van der Waals surface area contributed by atoms with Crippen molar-refractivity contribution in [3.8, 4) is 5.69 Å². The number of carbonyl (C=O) groups excluding carboxylic acids is 1. The number of aryl methyl sites for hydroxylation is 1. The Labute approximate surface area is 161 Å². The Bertz CT molecular complexity index is 776. The third-order valence-electron chi connectivity index (χ3n) is 5.49. The Morgan fingerprint density at radius 3 is 2.46 bits per heavy atom. The van der Waals surface area contributed by atoms with Crippen LogP contribution in [0.4, 0.5) is 0 Å². The van der Waals surface area contributed by atoms with Crippen molar-refractivity contribution in [1.29, 1.82) is 0 Å². The molecule has 1 aliphatic carbocycles. The standard InChI is InChI=1S/C20H26N4O.ClH/c1-14-6-8-16(9-7-14)24-18-5-3-2-4-17(18)19(22-24)20(25)23-12-10-15(21)11-13-23;/h6-9,15H,2-5,10-13,21H2,1H3;1H. The number of halogens is 1. The number of likely N-dealkylation sites (tertiary alicyclic amines) is 1. The van der Waals surface area contributed by atoms with Gasteiger partial charge >= 0.3 is 0 Å². The van der Waals surface area contributed by atoms with Gasteiger partial charge < -0.3 is 10.6 Å². The number of rotatable bonds is 2. The fraction of sp³-hybridized carbons (Fsp3) is 0.500. The number of nitrogens with zero attached hydrogens (tertiary/aromatic N) is 3. The number of aromatic nitrogens is 2. The van der Waals surface area contributed by atoms with Crippen LogP contribution >= 0.6 is 12.4 Å². The summed E-state index contributed by atoms with van der Waals surface area (Å²) in [4.78, 5) is 15.0. The fourth-order valence-electron chi connectivity index (χ4n) is 3.92. The first-order chi connectivity index (χ1) is 12.1. The third-order valence-corrected chi connectivity index (χ3v) is 5.49. The van der Waals surface area contributed by atoms with Gasteiger partial charge in [-0.15, -0.1) is 12.4 Å². The van der Waals surface area contributed by atoms with Crippen LogP contribution in [0.5, 0.6) is 0 Å². The zero-order chi connectivity index (χ0) is 17.4. The first kappa shape index (κ1) is 18.9. The zero-order valence-electron chi connectivity index (χ0n) is 15.3. The highest BCUT2D eigenvalue weighted by molar-refractivity contribution is 5.94. The smallest absolute Gasteiger partial charge is 0.274 e. The summed E-state index contributed by atoms with van der Waals surface area (Å²) in [7, 11) is 0. The van der Waals surface area contributed by atoms with E-state index in [-0.39, 0.29) is 24.4 Å². The highest BCUT2D eigenvalue weighted by Crippen LogP contribution is 2.28. The van der Waals surface area contributed by atoms with Crippen molar-refractivity contribution in [1.82, 2.24) is 14.7 Å². The van der Waals surface area contributed by atoms with Crippen LogP contribution in [0.2, 0.25) is 0 Å². The molecule has 1 aromatic heterocycles. The van der Waals surface area contributed by atoms with Crippen molar-refractivity contribution in [3.63, 3.8) is 0 Å². The number of carbonyl (C=O) groups is 1. The molecule has 0 atom stereocenters. The van der Waals surface area contributed by atoms with E-state index < -0.39 is 0 Å². The minimum absolute atomic E-state index is 0. The first-order valence-electron chi connectivity index (χ1n) is 9.36. The van der Waals surface area contributed by atoms with Crippen molar-refractivity contribution >= 4 is 18.3 Å². The van der Waals surface area contributed by atoms with Crippen molar-refractivity contribution in [2.24, 2.45) is 5.73 Å². The molecule has 1 amide bonds. The summed E-state index contributed by atoms with van der Waals surface area (Å²) in [5.74, 6) is 0.0795. The molecule has 5 nitrogen and oxygen atoms in total. The lowest BCUT2D eigenvalue weighted by Gasteiger charge is -2.30. The van der Waals surface area contributed by atoms with Crippen LogP contribution in [0.25, 0.3) is 5.69 Å². The molecule has 2 N–H and O–H groups in total. The van der Waals surface area contributed by atoms with Gasteiger partial charge in [0.2, 0.25) is 0 Å². The molecule has 6 heteroatoms. The summed E-state index contributed by atoms with van der Waals surface area (Å²) in [5.41, 5.74) is 11.3. The maximum absolute atomic E-state index is 13.1. The van der Waals surface area contributed by atoms with Crippen molar-refractivity contribution in [2.75, 3.05) is 13.1 Å². The molecule has 1 aromatic carbocycles. The highest BCUT2D eigenvalue weighted by atomic mass is 35.5. The topological polar surface area (TPSA) is 64.2 Å². The molecule has 2 aliphatic rings. The number of hydrogen-bond donors (Lipinski definition) is 1. The molecule has 1 fully saturated rings. The van der Waals surface area contributed by atoms with Gasteiger partial charge in [-0.25, -0.2) is 4.68 Å². The van der Waals surface area contributed by atoms with Gasteiger partial charge in [0.05, 0.1) is 5.69 Å². The van der Waals surface area contributed by atoms with Crippen molar-refractivity contribution in [2.45, 2.75) is 51.5 Å². The van der Waals surface area contributed by atoms with E-state index in [0.29, 0.717) is 5.69 Å². The number of benzene rings is 1. The highest BCUT2D eigenvalue weighted by Gasteiger charge is 2.30. The number of piperidine rings is 1. The Morgan fingerprint density at radius 1 is 1.12 bits per heavy atom. The van der Waals surface area contributed by atoms with Crippen LogP contribution in [0, 0.1) is 6.92 Å². The van der Waals surface area contributed by atoms with E-state index in [4.69, 9.17) is 10.8 Å². The largest absolute Gasteiger partial charge is 0.337 e. The van der Waals surface area contributed by atoms with Gasteiger partial charge in [0.15, 0.2) is 5.69 Å². The average Bonchev–Trinajstić information content (AvgIpc) is 3.02. The molecule has 140 valence electrons. The van der Waals surface area contributed by atoms with Gasteiger partial charge in [0, 0.05) is 30.4 Å². The third kappa shape index (κ3) is 3.51. The lowest BCUT2D eigenvalue weighted by Crippen LogP contribution is -2.43. The molecule has 0 saturated carbocycles.